The fourth-order valence-corrected chi connectivity index (χ4v) is 2.21. The third-order valence-electron chi connectivity index (χ3n) is 3.03. The summed E-state index contributed by atoms with van der Waals surface area (Å²) >= 11 is 5.85. The number of phenolic OH excluding ortho intramolecular Hbond substituents is 1. The molecule has 0 saturated heterocycles. The van der Waals surface area contributed by atoms with Gasteiger partial charge in [0.1, 0.15) is 5.75 Å². The summed E-state index contributed by atoms with van der Waals surface area (Å²) in [7, 11) is 0. The lowest BCUT2D eigenvalue weighted by molar-refractivity contribution is 0.483. The molecule has 2 aromatic carbocycles. The van der Waals surface area contributed by atoms with Crippen LogP contribution in [0.3, 0.4) is 0 Å². The number of benzene rings is 2. The van der Waals surface area contributed by atoms with E-state index in [1.807, 2.05) is 12.1 Å². The molecule has 0 bridgehead atoms. The van der Waals surface area contributed by atoms with Crippen molar-refractivity contribution < 1.29 is 5.11 Å². The molecule has 0 amide bonds. The van der Waals surface area contributed by atoms with Crippen molar-refractivity contribution in [1.82, 2.24) is 4.98 Å². The molecule has 94 valence electrons. The Balaban J connectivity index is 2.25. The van der Waals surface area contributed by atoms with Crippen LogP contribution in [0.25, 0.3) is 22.0 Å². The summed E-state index contributed by atoms with van der Waals surface area (Å²) in [5.41, 5.74) is 2.00. The number of hydrogen-bond donors (Lipinski definition) is 2. The van der Waals surface area contributed by atoms with Gasteiger partial charge in [0.05, 0.1) is 5.52 Å². The van der Waals surface area contributed by atoms with Crippen molar-refractivity contribution in [3.05, 3.63) is 63.9 Å². The summed E-state index contributed by atoms with van der Waals surface area (Å²) in [4.78, 5) is 13.9. The van der Waals surface area contributed by atoms with Gasteiger partial charge in [0.25, 0.3) is 0 Å². The normalized spacial score (nSPS) is 10.8. The molecule has 0 spiro atoms. The second-order valence-corrected chi connectivity index (χ2v) is 4.69. The lowest BCUT2D eigenvalue weighted by atomic mass is 10.0. The van der Waals surface area contributed by atoms with Crippen LogP contribution in [0.15, 0.2) is 53.3 Å². The molecule has 0 aliphatic carbocycles. The van der Waals surface area contributed by atoms with Gasteiger partial charge >= 0.3 is 0 Å². The third-order valence-corrected chi connectivity index (χ3v) is 3.28. The minimum atomic E-state index is -0.189. The van der Waals surface area contributed by atoms with Gasteiger partial charge in [-0.1, -0.05) is 23.7 Å². The van der Waals surface area contributed by atoms with Crippen LogP contribution in [0.1, 0.15) is 0 Å². The number of nitrogens with one attached hydrogen (secondary N) is 1. The molecule has 0 unspecified atom stereocenters. The zero-order valence-electron chi connectivity index (χ0n) is 9.85. The Kier molecular flexibility index (Phi) is 2.76. The molecule has 0 fully saturated rings. The molecule has 0 aliphatic rings. The Hall–Kier alpha value is -2.26. The van der Waals surface area contributed by atoms with Crippen LogP contribution in [0.4, 0.5) is 0 Å². The van der Waals surface area contributed by atoms with Gasteiger partial charge in [-0.2, -0.15) is 0 Å². The largest absolute Gasteiger partial charge is 0.507 e. The number of aromatic hydroxyl groups is 1. The monoisotopic (exact) mass is 271 g/mol. The second kappa shape index (κ2) is 4.44. The molecule has 0 aliphatic heterocycles. The summed E-state index contributed by atoms with van der Waals surface area (Å²) < 4.78 is 0. The molecular formula is C15H10ClNO2. The van der Waals surface area contributed by atoms with Gasteiger partial charge in [-0.15, -0.1) is 0 Å². The van der Waals surface area contributed by atoms with Crippen LogP contribution < -0.4 is 5.56 Å². The molecule has 0 atom stereocenters. The highest BCUT2D eigenvalue weighted by atomic mass is 35.5. The molecule has 2 N–H and O–H groups in total. The molecular weight excluding hydrogens is 262 g/mol. The van der Waals surface area contributed by atoms with E-state index >= 15 is 0 Å². The molecule has 19 heavy (non-hydrogen) atoms. The summed E-state index contributed by atoms with van der Waals surface area (Å²) in [5, 5.41) is 11.6. The lowest BCUT2D eigenvalue weighted by Gasteiger charge is -2.08. The maximum absolute atomic E-state index is 11.2. The van der Waals surface area contributed by atoms with Crippen molar-refractivity contribution >= 4 is 22.5 Å². The zero-order valence-corrected chi connectivity index (χ0v) is 10.6. The molecule has 4 heteroatoms. The van der Waals surface area contributed by atoms with Crippen molar-refractivity contribution in [2.45, 2.75) is 0 Å². The first-order valence-corrected chi connectivity index (χ1v) is 6.14. The van der Waals surface area contributed by atoms with Gasteiger partial charge in [-0.3, -0.25) is 4.79 Å². The standard InChI is InChI=1S/C15H10ClNO2/c16-10-3-1-9(2-4-10)11-5-7-13-12(15(11)19)6-8-14(18)17-13/h1-8,19H,(H,17,18). The van der Waals surface area contributed by atoms with E-state index in [2.05, 4.69) is 4.98 Å². The van der Waals surface area contributed by atoms with Crippen molar-refractivity contribution in [3.8, 4) is 16.9 Å². The predicted octanol–water partition coefficient (Wildman–Crippen LogP) is 3.55. The van der Waals surface area contributed by atoms with E-state index in [1.54, 1.807) is 30.3 Å². The number of hydrogen-bond acceptors (Lipinski definition) is 2. The lowest BCUT2D eigenvalue weighted by Crippen LogP contribution is -2.02. The van der Waals surface area contributed by atoms with Crippen molar-refractivity contribution in [2.24, 2.45) is 0 Å². The van der Waals surface area contributed by atoms with Crippen LogP contribution >= 0.6 is 11.6 Å². The summed E-state index contributed by atoms with van der Waals surface area (Å²) in [6, 6.07) is 13.8. The van der Waals surface area contributed by atoms with E-state index in [0.717, 1.165) is 5.56 Å². The second-order valence-electron chi connectivity index (χ2n) is 4.25. The molecule has 0 saturated carbocycles. The third kappa shape index (κ3) is 2.09. The SMILES string of the molecule is O=c1ccc2c(O)c(-c3ccc(Cl)cc3)ccc2[nH]1. The Labute approximate surface area is 114 Å². The smallest absolute Gasteiger partial charge is 0.248 e. The Bertz CT molecular complexity index is 806. The van der Waals surface area contributed by atoms with Crippen molar-refractivity contribution in [2.75, 3.05) is 0 Å². The number of aromatic nitrogens is 1. The first-order chi connectivity index (χ1) is 9.15. The highest BCUT2D eigenvalue weighted by Gasteiger charge is 2.08. The Morgan fingerprint density at radius 3 is 2.42 bits per heavy atom. The molecule has 3 rings (SSSR count). The molecule has 3 aromatic rings. The van der Waals surface area contributed by atoms with Crippen LogP contribution in [0.5, 0.6) is 5.75 Å². The number of pyridine rings is 1. The first kappa shape index (κ1) is 11.8. The van der Waals surface area contributed by atoms with Gasteiger partial charge < -0.3 is 10.1 Å². The number of H-pyrrole nitrogens is 1. The van der Waals surface area contributed by atoms with E-state index in [0.29, 0.717) is 21.5 Å². The van der Waals surface area contributed by atoms with Crippen molar-refractivity contribution in [3.63, 3.8) is 0 Å². The quantitative estimate of drug-likeness (QED) is 0.711. The number of phenols is 1. The number of rotatable bonds is 1. The van der Waals surface area contributed by atoms with E-state index in [1.165, 1.54) is 6.07 Å². The fraction of sp³-hybridized carbons (Fsp3) is 0. The maximum Gasteiger partial charge on any atom is 0.248 e. The van der Waals surface area contributed by atoms with Gasteiger partial charge in [-0.25, -0.2) is 0 Å². The van der Waals surface area contributed by atoms with Gasteiger partial charge in [0, 0.05) is 22.0 Å². The fourth-order valence-electron chi connectivity index (χ4n) is 2.08. The number of halogens is 1. The molecule has 3 nitrogen and oxygen atoms in total. The highest BCUT2D eigenvalue weighted by molar-refractivity contribution is 6.30. The minimum absolute atomic E-state index is 0.149. The molecule has 1 heterocycles. The topological polar surface area (TPSA) is 53.1 Å². The van der Waals surface area contributed by atoms with Crippen LogP contribution in [-0.2, 0) is 0 Å². The summed E-state index contributed by atoms with van der Waals surface area (Å²) in [6.45, 7) is 0. The van der Waals surface area contributed by atoms with E-state index in [9.17, 15) is 9.90 Å². The Morgan fingerprint density at radius 1 is 0.947 bits per heavy atom. The molecule has 0 radical (unpaired) electrons. The number of fused-ring (bicyclic) bond motifs is 1. The average Bonchev–Trinajstić information content (AvgIpc) is 2.40. The van der Waals surface area contributed by atoms with E-state index in [-0.39, 0.29) is 11.3 Å². The van der Waals surface area contributed by atoms with Gasteiger partial charge in [0.15, 0.2) is 0 Å². The summed E-state index contributed by atoms with van der Waals surface area (Å²) in [5.74, 6) is 0.149. The summed E-state index contributed by atoms with van der Waals surface area (Å²) in [6.07, 6.45) is 0. The first-order valence-electron chi connectivity index (χ1n) is 5.76. The number of aromatic amines is 1. The average molecular weight is 272 g/mol. The van der Waals surface area contributed by atoms with E-state index in [4.69, 9.17) is 11.6 Å². The van der Waals surface area contributed by atoms with Gasteiger partial charge in [0.2, 0.25) is 5.56 Å². The zero-order chi connectivity index (χ0) is 13.4. The van der Waals surface area contributed by atoms with E-state index < -0.39 is 0 Å². The molecule has 1 aromatic heterocycles. The minimum Gasteiger partial charge on any atom is -0.507 e. The highest BCUT2D eigenvalue weighted by Crippen LogP contribution is 2.35. The van der Waals surface area contributed by atoms with Crippen LogP contribution in [-0.4, -0.2) is 10.1 Å². The van der Waals surface area contributed by atoms with Gasteiger partial charge in [-0.05, 0) is 35.9 Å². The van der Waals surface area contributed by atoms with Crippen LogP contribution in [0.2, 0.25) is 5.02 Å². The van der Waals surface area contributed by atoms with Crippen molar-refractivity contribution in [1.29, 1.82) is 0 Å². The predicted molar refractivity (Wildman–Crippen MR) is 76.7 cm³/mol. The maximum atomic E-state index is 11.2. The Morgan fingerprint density at radius 2 is 1.68 bits per heavy atom. The van der Waals surface area contributed by atoms with Crippen LogP contribution in [0, 0.1) is 0 Å².